The molecule has 0 amide bonds. The number of carboxylic acids is 1. The van der Waals surface area contributed by atoms with Crippen LogP contribution in [0.1, 0.15) is 40.1 Å². The number of likely N-dealkylation sites (tertiary alicyclic amines) is 1. The normalized spacial score (nSPS) is 13.5. The summed E-state index contributed by atoms with van der Waals surface area (Å²) >= 11 is 5.97. The molecule has 0 atom stereocenters. The number of imidazole rings is 2. The molecule has 0 aliphatic carbocycles. The predicted octanol–water partition coefficient (Wildman–Crippen LogP) is 4.76. The van der Waals surface area contributed by atoms with Gasteiger partial charge >= 0.3 is 5.97 Å². The Balaban J connectivity index is 1.11. The molecule has 11 nitrogen and oxygen atoms in total. The van der Waals surface area contributed by atoms with Gasteiger partial charge in [-0.1, -0.05) is 11.6 Å². The summed E-state index contributed by atoms with van der Waals surface area (Å²) < 4.78 is 16.2. The number of halogens is 1. The van der Waals surface area contributed by atoms with E-state index in [0.29, 0.717) is 54.0 Å². The van der Waals surface area contributed by atoms with E-state index in [2.05, 4.69) is 37.0 Å². The Labute approximate surface area is 252 Å². The third kappa shape index (κ3) is 6.16. The number of carbonyl (C=O) groups is 1. The molecule has 0 bridgehead atoms. The van der Waals surface area contributed by atoms with Gasteiger partial charge in [-0.05, 0) is 49.4 Å². The van der Waals surface area contributed by atoms with Gasteiger partial charge in [0, 0.05) is 43.1 Å². The lowest BCUT2D eigenvalue weighted by Gasteiger charge is -2.38. The lowest BCUT2D eigenvalue weighted by Crippen LogP contribution is -2.53. The Morgan fingerprint density at radius 2 is 2.02 bits per heavy atom. The van der Waals surface area contributed by atoms with Gasteiger partial charge in [0.1, 0.15) is 36.1 Å². The zero-order valence-corrected chi connectivity index (χ0v) is 24.1. The average Bonchev–Trinajstić information content (AvgIpc) is 3.59. The summed E-state index contributed by atoms with van der Waals surface area (Å²) in [4.78, 5) is 27.4. The van der Waals surface area contributed by atoms with Crippen molar-refractivity contribution in [2.75, 3.05) is 13.1 Å². The zero-order chi connectivity index (χ0) is 29.9. The Kier molecular flexibility index (Phi) is 7.96. The SMILES string of the molecule is CCn1cncc1Cn1c(CN2CC(Oc3ccnc(COc4ccc(Cl)cc4C#N)c3)C2)nc2ccc(C(=O)O)cc21. The van der Waals surface area contributed by atoms with Gasteiger partial charge in [0.2, 0.25) is 0 Å². The van der Waals surface area contributed by atoms with Crippen LogP contribution >= 0.6 is 11.6 Å². The van der Waals surface area contributed by atoms with Crippen LogP contribution in [0.5, 0.6) is 11.5 Å². The lowest BCUT2D eigenvalue weighted by molar-refractivity contribution is 0.0123. The van der Waals surface area contributed by atoms with E-state index in [9.17, 15) is 15.2 Å². The lowest BCUT2D eigenvalue weighted by atomic mass is 10.1. The molecule has 6 rings (SSSR count). The van der Waals surface area contributed by atoms with E-state index >= 15 is 0 Å². The topological polar surface area (TPSA) is 131 Å². The molecule has 1 saturated heterocycles. The van der Waals surface area contributed by atoms with Crippen LogP contribution in [0.3, 0.4) is 0 Å². The van der Waals surface area contributed by atoms with Crippen LogP contribution in [0.4, 0.5) is 0 Å². The highest BCUT2D eigenvalue weighted by molar-refractivity contribution is 6.30. The average molecular weight is 598 g/mol. The van der Waals surface area contributed by atoms with E-state index in [1.54, 1.807) is 48.9 Å². The van der Waals surface area contributed by atoms with Gasteiger partial charge in [-0.15, -0.1) is 0 Å². The van der Waals surface area contributed by atoms with Gasteiger partial charge in [0.25, 0.3) is 0 Å². The van der Waals surface area contributed by atoms with Crippen molar-refractivity contribution in [3.8, 4) is 17.6 Å². The van der Waals surface area contributed by atoms with Gasteiger partial charge in [-0.2, -0.15) is 5.26 Å². The second kappa shape index (κ2) is 12.1. The highest BCUT2D eigenvalue weighted by Crippen LogP contribution is 2.26. The molecule has 0 radical (unpaired) electrons. The zero-order valence-electron chi connectivity index (χ0n) is 23.4. The smallest absolute Gasteiger partial charge is 0.335 e. The number of ether oxygens (including phenoxy) is 2. The number of fused-ring (bicyclic) bond motifs is 1. The number of aromatic nitrogens is 5. The number of hydrogen-bond donors (Lipinski definition) is 1. The summed E-state index contributed by atoms with van der Waals surface area (Å²) in [5, 5.41) is 19.4. The second-order valence-corrected chi connectivity index (χ2v) is 10.7. The molecular weight excluding hydrogens is 570 g/mol. The van der Waals surface area contributed by atoms with E-state index in [4.69, 9.17) is 26.1 Å². The van der Waals surface area contributed by atoms with Crippen LogP contribution < -0.4 is 9.47 Å². The molecule has 5 aromatic rings. The number of pyridine rings is 1. The second-order valence-electron chi connectivity index (χ2n) is 10.3. The minimum atomic E-state index is -0.972. The Hall–Kier alpha value is -4.92. The fourth-order valence-electron chi connectivity index (χ4n) is 5.12. The minimum Gasteiger partial charge on any atom is -0.488 e. The number of benzene rings is 2. The van der Waals surface area contributed by atoms with Crippen LogP contribution in [0.25, 0.3) is 11.0 Å². The molecule has 0 unspecified atom stereocenters. The minimum absolute atomic E-state index is 0.00408. The molecule has 218 valence electrons. The van der Waals surface area contributed by atoms with Crippen LogP contribution in [-0.2, 0) is 26.2 Å². The quantitative estimate of drug-likeness (QED) is 0.229. The summed E-state index contributed by atoms with van der Waals surface area (Å²) in [7, 11) is 0. The Morgan fingerprint density at radius 3 is 2.81 bits per heavy atom. The third-order valence-corrected chi connectivity index (χ3v) is 7.59. The van der Waals surface area contributed by atoms with Crippen molar-refractivity contribution < 1.29 is 19.4 Å². The summed E-state index contributed by atoms with van der Waals surface area (Å²) in [5.41, 5.74) is 3.81. The van der Waals surface area contributed by atoms with Gasteiger partial charge in [0.15, 0.2) is 0 Å². The van der Waals surface area contributed by atoms with E-state index in [0.717, 1.165) is 29.1 Å². The molecular formula is C31H28ClN7O4. The van der Waals surface area contributed by atoms with Crippen molar-refractivity contribution in [3.63, 3.8) is 0 Å². The maximum Gasteiger partial charge on any atom is 0.335 e. The molecule has 0 spiro atoms. The highest BCUT2D eigenvalue weighted by Gasteiger charge is 2.30. The van der Waals surface area contributed by atoms with Gasteiger partial charge in [0.05, 0.1) is 53.0 Å². The van der Waals surface area contributed by atoms with Crippen molar-refractivity contribution in [2.24, 2.45) is 0 Å². The van der Waals surface area contributed by atoms with Crippen molar-refractivity contribution in [2.45, 2.75) is 39.3 Å². The summed E-state index contributed by atoms with van der Waals surface area (Å²) in [6.07, 6.45) is 5.30. The first kappa shape index (κ1) is 28.2. The molecule has 43 heavy (non-hydrogen) atoms. The molecule has 12 heteroatoms. The van der Waals surface area contributed by atoms with Gasteiger partial charge in [-0.3, -0.25) is 9.88 Å². The summed E-state index contributed by atoms with van der Waals surface area (Å²) in [6, 6.07) is 15.7. The summed E-state index contributed by atoms with van der Waals surface area (Å²) in [5.74, 6) is 1.01. The molecule has 2 aromatic carbocycles. The van der Waals surface area contributed by atoms with E-state index < -0.39 is 5.97 Å². The largest absolute Gasteiger partial charge is 0.488 e. The number of carboxylic acid groups (broad SMARTS) is 1. The molecule has 1 aliphatic heterocycles. The van der Waals surface area contributed by atoms with E-state index in [1.165, 1.54) is 0 Å². The predicted molar refractivity (Wildman–Crippen MR) is 158 cm³/mol. The number of nitrogens with zero attached hydrogens (tertiary/aromatic N) is 7. The van der Waals surface area contributed by atoms with Gasteiger partial charge < -0.3 is 23.7 Å². The number of hydrogen-bond acceptors (Lipinski definition) is 8. The first-order chi connectivity index (χ1) is 20.9. The van der Waals surface area contributed by atoms with Crippen LogP contribution in [-0.4, -0.2) is 59.3 Å². The van der Waals surface area contributed by atoms with Crippen molar-refractivity contribution in [1.29, 1.82) is 5.26 Å². The molecule has 1 aliphatic rings. The van der Waals surface area contributed by atoms with Crippen LogP contribution in [0.2, 0.25) is 5.02 Å². The molecule has 1 N–H and O–H groups in total. The van der Waals surface area contributed by atoms with Crippen LogP contribution in [0.15, 0.2) is 67.3 Å². The van der Waals surface area contributed by atoms with Crippen molar-refractivity contribution >= 4 is 28.6 Å². The monoisotopic (exact) mass is 597 g/mol. The standard InChI is InChI=1S/C31H28ClN7O4/c1-2-38-19-34-13-24(38)14-39-28-10-20(31(40)41)3-5-27(28)36-30(39)17-37-15-26(16-37)43-25-7-8-35-23(11-25)18-42-29-6-4-22(32)9-21(29)12-33/h3-11,13,19,26H,2,14-18H2,1H3,(H,40,41). The Morgan fingerprint density at radius 1 is 1.16 bits per heavy atom. The Bertz CT molecular complexity index is 1840. The van der Waals surface area contributed by atoms with E-state index in [-0.39, 0.29) is 18.3 Å². The first-order valence-electron chi connectivity index (χ1n) is 13.8. The maximum atomic E-state index is 11.7. The fraction of sp³-hybridized carbons (Fsp3) is 0.258. The number of aryl methyl sites for hydroxylation is 1. The fourth-order valence-corrected chi connectivity index (χ4v) is 5.30. The number of nitriles is 1. The summed E-state index contributed by atoms with van der Waals surface area (Å²) in [6.45, 7) is 5.57. The molecule has 4 heterocycles. The third-order valence-electron chi connectivity index (χ3n) is 7.35. The highest BCUT2D eigenvalue weighted by atomic mass is 35.5. The molecule has 1 fully saturated rings. The number of aromatic carboxylic acids is 1. The first-order valence-corrected chi connectivity index (χ1v) is 14.2. The van der Waals surface area contributed by atoms with E-state index in [1.807, 2.05) is 18.3 Å². The van der Waals surface area contributed by atoms with Crippen LogP contribution in [0, 0.1) is 11.3 Å². The number of rotatable bonds is 11. The molecule has 0 saturated carbocycles. The van der Waals surface area contributed by atoms with Crippen molar-refractivity contribution in [1.82, 2.24) is 29.0 Å². The van der Waals surface area contributed by atoms with Crippen molar-refractivity contribution in [3.05, 3.63) is 101 Å². The molecule has 3 aromatic heterocycles. The maximum absolute atomic E-state index is 11.7. The van der Waals surface area contributed by atoms with Gasteiger partial charge in [-0.25, -0.2) is 14.8 Å².